The molecule has 0 atom stereocenters. The first-order chi connectivity index (χ1) is 18.1. The minimum Gasteiger partial charge on any atom is -0.457 e. The van der Waals surface area contributed by atoms with E-state index in [1.54, 1.807) is 6.33 Å². The zero-order chi connectivity index (χ0) is 25.4. The van der Waals surface area contributed by atoms with Crippen LogP contribution in [0.5, 0.6) is 11.5 Å². The maximum atomic E-state index is 12.1. The highest BCUT2D eigenvalue weighted by Gasteiger charge is 2.33. The van der Waals surface area contributed by atoms with Crippen LogP contribution in [0.15, 0.2) is 78.8 Å². The number of H-pyrrole nitrogens is 1. The van der Waals surface area contributed by atoms with Crippen molar-refractivity contribution in [2.75, 3.05) is 23.4 Å². The Morgan fingerprint density at radius 1 is 1.14 bits per heavy atom. The molecule has 2 aliphatic heterocycles. The van der Waals surface area contributed by atoms with E-state index in [0.717, 1.165) is 63.8 Å². The van der Waals surface area contributed by atoms with Crippen LogP contribution < -0.4 is 15.1 Å². The number of nitrogens with zero attached hydrogens (tertiary/aromatic N) is 5. The van der Waals surface area contributed by atoms with Crippen LogP contribution in [0.3, 0.4) is 0 Å². The molecule has 0 saturated carbocycles. The van der Waals surface area contributed by atoms with Crippen LogP contribution in [0.1, 0.15) is 24.0 Å². The van der Waals surface area contributed by atoms with Gasteiger partial charge in [0.05, 0.1) is 11.4 Å². The Morgan fingerprint density at radius 3 is 2.70 bits per heavy atom. The molecule has 1 fully saturated rings. The van der Waals surface area contributed by atoms with Gasteiger partial charge in [-0.15, -0.1) is 0 Å². The minimum absolute atomic E-state index is 0.0320. The molecule has 1 saturated heterocycles. The minimum atomic E-state index is -0.0320. The monoisotopic (exact) mass is 493 g/mol. The number of anilines is 2. The standard InChI is InChI=1S/C28H27N7O2/c1-3-24(36)34-13-11-19(12-14-34)35-28-25-22(16-29-27(25)30-17-31-28)26(33-35)32-23-10-9-21(15-18(23)2)37-20-7-5-4-6-8-20/h3-10,15-17,19H,1,11-14H2,2H3,(H,32,33)(H,29,30,31). The van der Waals surface area contributed by atoms with E-state index >= 15 is 0 Å². The molecular formula is C28H27N7O2. The lowest BCUT2D eigenvalue weighted by Gasteiger charge is -2.37. The topological polar surface area (TPSA) is 98.7 Å². The summed E-state index contributed by atoms with van der Waals surface area (Å²) in [6, 6.07) is 15.8. The van der Waals surface area contributed by atoms with E-state index in [-0.39, 0.29) is 11.9 Å². The lowest BCUT2D eigenvalue weighted by Crippen LogP contribution is -2.46. The van der Waals surface area contributed by atoms with Crippen molar-refractivity contribution in [1.82, 2.24) is 19.9 Å². The average Bonchev–Trinajstić information content (AvgIpc) is 3.37. The number of nitrogens with one attached hydrogen (secondary N) is 2. The lowest BCUT2D eigenvalue weighted by atomic mass is 10.0. The largest absolute Gasteiger partial charge is 0.457 e. The average molecular weight is 494 g/mol. The number of para-hydroxylation sites is 1. The summed E-state index contributed by atoms with van der Waals surface area (Å²) >= 11 is 0. The van der Waals surface area contributed by atoms with E-state index in [1.165, 1.54) is 6.08 Å². The molecule has 186 valence electrons. The van der Waals surface area contributed by atoms with Gasteiger partial charge in [0.25, 0.3) is 0 Å². The molecular weight excluding hydrogens is 466 g/mol. The number of rotatable bonds is 5. The Kier molecular flexibility index (Phi) is 5.80. The fraction of sp³-hybridized carbons (Fsp3) is 0.214. The van der Waals surface area contributed by atoms with Crippen LogP contribution in [-0.2, 0) is 4.79 Å². The molecule has 2 aromatic carbocycles. The summed E-state index contributed by atoms with van der Waals surface area (Å²) in [5, 5.41) is 11.5. The molecule has 0 radical (unpaired) electrons. The maximum Gasteiger partial charge on any atom is 0.245 e. The van der Waals surface area contributed by atoms with Gasteiger partial charge in [0.2, 0.25) is 5.91 Å². The molecule has 2 aromatic heterocycles. The summed E-state index contributed by atoms with van der Waals surface area (Å²) < 4.78 is 5.99. The van der Waals surface area contributed by atoms with Gasteiger partial charge in [-0.25, -0.2) is 15.0 Å². The summed E-state index contributed by atoms with van der Waals surface area (Å²) in [7, 11) is 0. The van der Waals surface area contributed by atoms with Crippen molar-refractivity contribution in [2.45, 2.75) is 25.8 Å². The summed E-state index contributed by atoms with van der Waals surface area (Å²) in [5.41, 5.74) is 3.65. The number of hydrazone groups is 1. The zero-order valence-corrected chi connectivity index (χ0v) is 20.5. The van der Waals surface area contributed by atoms with Gasteiger partial charge < -0.3 is 19.9 Å². The number of carbonyl (C=O) groups is 1. The second-order valence-corrected chi connectivity index (χ2v) is 9.19. The molecule has 2 N–H and O–H groups in total. The summed E-state index contributed by atoms with van der Waals surface area (Å²) in [6.45, 7) is 6.96. The van der Waals surface area contributed by atoms with Crippen LogP contribution in [0.25, 0.3) is 11.0 Å². The number of aromatic amines is 1. The number of ether oxygens (including phenoxy) is 1. The number of hydrogen-bond acceptors (Lipinski definition) is 7. The molecule has 4 heterocycles. The number of benzene rings is 2. The van der Waals surface area contributed by atoms with Gasteiger partial charge in [0.15, 0.2) is 11.7 Å². The quantitative estimate of drug-likeness (QED) is 0.387. The van der Waals surface area contributed by atoms with Gasteiger partial charge in [-0.3, -0.25) is 4.79 Å². The van der Waals surface area contributed by atoms with Crippen LogP contribution in [0, 0.1) is 6.92 Å². The molecule has 9 nitrogen and oxygen atoms in total. The highest BCUT2D eigenvalue weighted by atomic mass is 16.5. The molecule has 9 heteroatoms. The van der Waals surface area contributed by atoms with Gasteiger partial charge in [-0.2, -0.15) is 5.10 Å². The third kappa shape index (κ3) is 4.29. The van der Waals surface area contributed by atoms with Crippen LogP contribution in [-0.4, -0.2) is 50.7 Å². The number of likely N-dealkylation sites (tertiary alicyclic amines) is 1. The van der Waals surface area contributed by atoms with Crippen molar-refractivity contribution in [2.24, 2.45) is 5.10 Å². The molecule has 0 bridgehead atoms. The van der Waals surface area contributed by atoms with Gasteiger partial charge in [0, 0.05) is 30.5 Å². The number of piperidine rings is 1. The Balaban J connectivity index is 1.29. The Hall–Kier alpha value is -4.66. The van der Waals surface area contributed by atoms with E-state index < -0.39 is 0 Å². The Bertz CT molecular complexity index is 1500. The number of carbonyl (C=O) groups excluding carboxylic acids is 1. The number of aromatic nitrogens is 3. The van der Waals surface area contributed by atoms with Crippen molar-refractivity contribution in [3.63, 3.8) is 0 Å². The number of amidine groups is 1. The highest BCUT2D eigenvalue weighted by molar-refractivity contribution is 6.19. The third-order valence-corrected chi connectivity index (χ3v) is 6.86. The second kappa shape index (κ2) is 9.42. The van der Waals surface area contributed by atoms with Gasteiger partial charge in [-0.05, 0) is 61.7 Å². The zero-order valence-electron chi connectivity index (χ0n) is 20.5. The SMILES string of the molecule is C=CC(=O)N1CCC(N2N=C(Nc3ccc(Oc4ccccc4)cc3C)c3c[nH]c4ncnc2c34)CC1. The third-order valence-electron chi connectivity index (χ3n) is 6.86. The van der Waals surface area contributed by atoms with E-state index in [1.807, 2.05) is 71.6 Å². The summed E-state index contributed by atoms with van der Waals surface area (Å²) in [6.07, 6.45) is 6.42. The van der Waals surface area contributed by atoms with Crippen molar-refractivity contribution in [3.8, 4) is 11.5 Å². The second-order valence-electron chi connectivity index (χ2n) is 9.19. The first kappa shape index (κ1) is 22.8. The van der Waals surface area contributed by atoms with Crippen molar-refractivity contribution < 1.29 is 9.53 Å². The fourth-order valence-corrected chi connectivity index (χ4v) is 4.91. The fourth-order valence-electron chi connectivity index (χ4n) is 4.91. The van der Waals surface area contributed by atoms with Gasteiger partial charge in [-0.1, -0.05) is 24.8 Å². The Labute approximate surface area is 214 Å². The van der Waals surface area contributed by atoms with E-state index in [4.69, 9.17) is 9.84 Å². The van der Waals surface area contributed by atoms with Crippen molar-refractivity contribution >= 4 is 34.3 Å². The lowest BCUT2D eigenvalue weighted by molar-refractivity contribution is -0.127. The molecule has 0 unspecified atom stereocenters. The summed E-state index contributed by atoms with van der Waals surface area (Å²) in [5.74, 6) is 3.03. The molecule has 4 aromatic rings. The van der Waals surface area contributed by atoms with E-state index in [2.05, 4.69) is 26.8 Å². The first-order valence-electron chi connectivity index (χ1n) is 12.3. The van der Waals surface area contributed by atoms with E-state index in [9.17, 15) is 4.79 Å². The summed E-state index contributed by atoms with van der Waals surface area (Å²) in [4.78, 5) is 26.2. The maximum absolute atomic E-state index is 12.1. The van der Waals surface area contributed by atoms with Gasteiger partial charge >= 0.3 is 0 Å². The van der Waals surface area contributed by atoms with Crippen molar-refractivity contribution in [3.05, 3.63) is 84.8 Å². The highest BCUT2D eigenvalue weighted by Crippen LogP contribution is 2.35. The number of amides is 1. The molecule has 1 amide bonds. The Morgan fingerprint density at radius 2 is 1.95 bits per heavy atom. The van der Waals surface area contributed by atoms with Crippen LogP contribution in [0.4, 0.5) is 11.5 Å². The molecule has 37 heavy (non-hydrogen) atoms. The predicted molar refractivity (Wildman–Crippen MR) is 144 cm³/mol. The number of aryl methyl sites for hydroxylation is 1. The first-order valence-corrected chi connectivity index (χ1v) is 12.3. The van der Waals surface area contributed by atoms with E-state index in [0.29, 0.717) is 13.1 Å². The normalized spacial score (nSPS) is 15.4. The predicted octanol–water partition coefficient (Wildman–Crippen LogP) is 4.83. The van der Waals surface area contributed by atoms with Gasteiger partial charge in [0.1, 0.15) is 23.5 Å². The molecule has 0 spiro atoms. The molecule has 0 aliphatic carbocycles. The van der Waals surface area contributed by atoms with Crippen LogP contribution in [0.2, 0.25) is 0 Å². The van der Waals surface area contributed by atoms with Crippen molar-refractivity contribution in [1.29, 1.82) is 0 Å². The smallest absolute Gasteiger partial charge is 0.245 e. The number of hydrogen-bond donors (Lipinski definition) is 2. The van der Waals surface area contributed by atoms with Crippen LogP contribution >= 0.6 is 0 Å². The molecule has 2 aliphatic rings. The molecule has 6 rings (SSSR count).